The minimum Gasteiger partial charge on any atom is -0.399 e. The summed E-state index contributed by atoms with van der Waals surface area (Å²) in [5.41, 5.74) is 6.96. The van der Waals surface area contributed by atoms with E-state index in [-0.39, 0.29) is 16.3 Å². The van der Waals surface area contributed by atoms with Crippen molar-refractivity contribution in [1.82, 2.24) is 0 Å². The number of hydrogen-bond donors (Lipinski definition) is 2. The molecule has 0 spiro atoms. The van der Waals surface area contributed by atoms with Crippen molar-refractivity contribution in [3.8, 4) is 0 Å². The molecule has 0 bridgehead atoms. The van der Waals surface area contributed by atoms with E-state index in [0.717, 1.165) is 0 Å². The van der Waals surface area contributed by atoms with E-state index in [9.17, 15) is 16.8 Å². The van der Waals surface area contributed by atoms with Gasteiger partial charge in [0.15, 0.2) is 9.84 Å². The standard InChI is InChI=1S/C13H18N2O4S2/c14-10-5-9(8-20(16,17)12-1-2-12)6-11(7-10)15-21(18,19)13-3-4-13/h5-7,12-13,15H,1-4,8,14H2. The van der Waals surface area contributed by atoms with E-state index in [1.54, 1.807) is 12.1 Å². The van der Waals surface area contributed by atoms with Gasteiger partial charge in [-0.3, -0.25) is 4.72 Å². The van der Waals surface area contributed by atoms with Gasteiger partial charge in [-0.05, 0) is 49.4 Å². The summed E-state index contributed by atoms with van der Waals surface area (Å²) >= 11 is 0. The molecule has 21 heavy (non-hydrogen) atoms. The van der Waals surface area contributed by atoms with E-state index in [4.69, 9.17) is 5.73 Å². The van der Waals surface area contributed by atoms with Crippen molar-refractivity contribution in [1.29, 1.82) is 0 Å². The van der Waals surface area contributed by atoms with E-state index in [1.165, 1.54) is 6.07 Å². The maximum absolute atomic E-state index is 12.0. The Morgan fingerprint density at radius 3 is 2.19 bits per heavy atom. The number of nitrogens with two attached hydrogens (primary N) is 1. The number of nitrogen functional groups attached to an aromatic ring is 1. The monoisotopic (exact) mass is 330 g/mol. The first-order valence-corrected chi connectivity index (χ1v) is 10.1. The molecule has 3 N–H and O–H groups in total. The van der Waals surface area contributed by atoms with Gasteiger partial charge in [0, 0.05) is 5.69 Å². The summed E-state index contributed by atoms with van der Waals surface area (Å²) in [6.07, 6.45) is 2.76. The molecular weight excluding hydrogens is 312 g/mol. The van der Waals surface area contributed by atoms with Crippen molar-refractivity contribution < 1.29 is 16.8 Å². The van der Waals surface area contributed by atoms with Crippen molar-refractivity contribution >= 4 is 31.2 Å². The molecule has 0 aromatic heterocycles. The Balaban J connectivity index is 1.82. The van der Waals surface area contributed by atoms with Gasteiger partial charge in [-0.1, -0.05) is 0 Å². The van der Waals surface area contributed by atoms with Crippen LogP contribution in [0.3, 0.4) is 0 Å². The first-order valence-electron chi connectivity index (χ1n) is 6.89. The van der Waals surface area contributed by atoms with Crippen LogP contribution in [0, 0.1) is 0 Å². The van der Waals surface area contributed by atoms with Crippen LogP contribution in [0.15, 0.2) is 18.2 Å². The average molecular weight is 330 g/mol. The Morgan fingerprint density at radius 2 is 1.62 bits per heavy atom. The molecule has 0 unspecified atom stereocenters. The minimum absolute atomic E-state index is 0.0964. The molecule has 2 aliphatic carbocycles. The molecular formula is C13H18N2O4S2. The zero-order valence-electron chi connectivity index (χ0n) is 11.4. The van der Waals surface area contributed by atoms with Crippen LogP contribution in [-0.2, 0) is 25.6 Å². The molecule has 0 heterocycles. The van der Waals surface area contributed by atoms with Gasteiger partial charge in [-0.15, -0.1) is 0 Å². The molecule has 0 amide bonds. The number of sulfonamides is 1. The van der Waals surface area contributed by atoms with Crippen LogP contribution in [0.4, 0.5) is 11.4 Å². The highest BCUT2D eigenvalue weighted by molar-refractivity contribution is 7.93. The van der Waals surface area contributed by atoms with Gasteiger partial charge in [-0.25, -0.2) is 16.8 Å². The molecule has 2 fully saturated rings. The predicted octanol–water partition coefficient (Wildman–Crippen LogP) is 1.25. The zero-order chi connectivity index (χ0) is 15.3. The number of rotatable bonds is 6. The lowest BCUT2D eigenvalue weighted by atomic mass is 10.2. The van der Waals surface area contributed by atoms with E-state index >= 15 is 0 Å². The van der Waals surface area contributed by atoms with Gasteiger partial charge in [0.1, 0.15) is 0 Å². The molecule has 0 aliphatic heterocycles. The topological polar surface area (TPSA) is 106 Å². The molecule has 2 saturated carbocycles. The van der Waals surface area contributed by atoms with E-state index in [2.05, 4.69) is 4.72 Å². The summed E-state index contributed by atoms with van der Waals surface area (Å²) in [5, 5.41) is -0.580. The van der Waals surface area contributed by atoms with Crippen LogP contribution < -0.4 is 10.5 Å². The lowest BCUT2D eigenvalue weighted by Gasteiger charge is -2.10. The van der Waals surface area contributed by atoms with Gasteiger partial charge in [0.2, 0.25) is 10.0 Å². The van der Waals surface area contributed by atoms with E-state index in [1.807, 2.05) is 0 Å². The number of anilines is 2. The first-order chi connectivity index (χ1) is 9.76. The fourth-order valence-electron chi connectivity index (χ4n) is 2.26. The van der Waals surface area contributed by atoms with Crippen molar-refractivity contribution in [2.24, 2.45) is 0 Å². The molecule has 0 radical (unpaired) electrons. The fourth-order valence-corrected chi connectivity index (χ4v) is 5.35. The average Bonchev–Trinajstić information content (AvgIpc) is 3.18. The third-order valence-electron chi connectivity index (χ3n) is 3.64. The molecule has 0 atom stereocenters. The normalized spacial score (nSPS) is 19.4. The number of sulfone groups is 1. The van der Waals surface area contributed by atoms with Crippen molar-refractivity contribution in [3.05, 3.63) is 23.8 Å². The molecule has 1 aromatic rings. The number of benzene rings is 1. The Labute approximate surface area is 124 Å². The van der Waals surface area contributed by atoms with Crippen LogP contribution in [0.5, 0.6) is 0 Å². The van der Waals surface area contributed by atoms with Gasteiger partial charge in [-0.2, -0.15) is 0 Å². The Hall–Kier alpha value is -1.28. The van der Waals surface area contributed by atoms with Gasteiger partial charge in [0.05, 0.1) is 21.9 Å². The molecule has 6 nitrogen and oxygen atoms in total. The lowest BCUT2D eigenvalue weighted by molar-refractivity contribution is 0.593. The quantitative estimate of drug-likeness (QED) is 0.764. The SMILES string of the molecule is Nc1cc(CS(=O)(=O)C2CC2)cc(NS(=O)(=O)C2CC2)c1. The van der Waals surface area contributed by atoms with Crippen molar-refractivity contribution in [2.45, 2.75) is 41.9 Å². The van der Waals surface area contributed by atoms with Crippen molar-refractivity contribution in [3.63, 3.8) is 0 Å². The Morgan fingerprint density at radius 1 is 1.00 bits per heavy atom. The maximum atomic E-state index is 12.0. The second kappa shape index (κ2) is 4.88. The second-order valence-corrected chi connectivity index (χ2v) is 10.1. The Kier molecular flexibility index (Phi) is 3.40. The van der Waals surface area contributed by atoms with E-state index < -0.39 is 19.9 Å². The summed E-state index contributed by atoms with van der Waals surface area (Å²) < 4.78 is 50.3. The van der Waals surface area contributed by atoms with Crippen LogP contribution >= 0.6 is 0 Å². The summed E-state index contributed by atoms with van der Waals surface area (Å²) in [6, 6.07) is 4.64. The maximum Gasteiger partial charge on any atom is 0.235 e. The van der Waals surface area contributed by atoms with Crippen LogP contribution in [0.25, 0.3) is 0 Å². The number of hydrogen-bond acceptors (Lipinski definition) is 5. The summed E-state index contributed by atoms with van der Waals surface area (Å²) in [6.45, 7) is 0. The molecule has 0 saturated heterocycles. The predicted molar refractivity (Wildman–Crippen MR) is 82.1 cm³/mol. The minimum atomic E-state index is -3.38. The van der Waals surface area contributed by atoms with Crippen LogP contribution in [0.1, 0.15) is 31.2 Å². The largest absolute Gasteiger partial charge is 0.399 e. The smallest absolute Gasteiger partial charge is 0.235 e. The van der Waals surface area contributed by atoms with Crippen molar-refractivity contribution in [2.75, 3.05) is 10.5 Å². The number of nitrogens with one attached hydrogen (secondary N) is 1. The first kappa shape index (κ1) is 14.6. The lowest BCUT2D eigenvalue weighted by Crippen LogP contribution is -2.18. The van der Waals surface area contributed by atoms with Crippen LogP contribution in [-0.4, -0.2) is 27.3 Å². The van der Waals surface area contributed by atoms with Gasteiger partial charge >= 0.3 is 0 Å². The third-order valence-corrected chi connectivity index (χ3v) is 7.73. The fraction of sp³-hybridized carbons (Fsp3) is 0.538. The molecule has 8 heteroatoms. The highest BCUT2D eigenvalue weighted by Crippen LogP contribution is 2.33. The van der Waals surface area contributed by atoms with E-state index in [0.29, 0.717) is 42.6 Å². The highest BCUT2D eigenvalue weighted by Gasteiger charge is 2.37. The second-order valence-electron chi connectivity index (χ2n) is 5.82. The third kappa shape index (κ3) is 3.49. The summed E-state index contributed by atoms with van der Waals surface area (Å²) in [4.78, 5) is 0. The summed E-state index contributed by atoms with van der Waals surface area (Å²) in [5.74, 6) is -0.0964. The van der Waals surface area contributed by atoms with Gasteiger partial charge < -0.3 is 5.73 Å². The molecule has 116 valence electrons. The van der Waals surface area contributed by atoms with Crippen LogP contribution in [0.2, 0.25) is 0 Å². The molecule has 3 rings (SSSR count). The molecule has 1 aromatic carbocycles. The van der Waals surface area contributed by atoms with Gasteiger partial charge in [0.25, 0.3) is 0 Å². The highest BCUT2D eigenvalue weighted by atomic mass is 32.2. The zero-order valence-corrected chi connectivity index (χ0v) is 13.1. The Bertz CT molecular complexity index is 701. The summed E-state index contributed by atoms with van der Waals surface area (Å²) in [7, 11) is -6.53. The molecule has 2 aliphatic rings.